The van der Waals surface area contributed by atoms with Crippen molar-refractivity contribution < 1.29 is 19.2 Å². The lowest BCUT2D eigenvalue weighted by Gasteiger charge is -2.08. The molecule has 0 aliphatic rings. The Labute approximate surface area is 118 Å². The van der Waals surface area contributed by atoms with E-state index in [9.17, 15) is 14.4 Å². The highest BCUT2D eigenvalue weighted by Gasteiger charge is 2.18. The fourth-order valence-corrected chi connectivity index (χ4v) is 1.70. The van der Waals surface area contributed by atoms with Gasteiger partial charge in [0.1, 0.15) is 0 Å². The van der Waals surface area contributed by atoms with E-state index in [0.717, 1.165) is 5.56 Å². The number of amides is 1. The van der Waals surface area contributed by atoms with Crippen molar-refractivity contribution in [3.05, 3.63) is 35.4 Å². The fourth-order valence-electron chi connectivity index (χ4n) is 1.70. The molecule has 0 aromatic heterocycles. The Bertz CT molecular complexity index is 508. The summed E-state index contributed by atoms with van der Waals surface area (Å²) in [6, 6.07) is 6.95. The number of hydrogen-bond donors (Lipinski definition) is 1. The Balaban J connectivity index is 2.59. The molecule has 0 fully saturated rings. The molecule has 5 heteroatoms. The minimum atomic E-state index is -0.902. The van der Waals surface area contributed by atoms with E-state index in [1.165, 1.54) is 0 Å². The molecular weight excluding hydrogens is 258 g/mol. The predicted octanol–water partition coefficient (Wildman–Crippen LogP) is 2.05. The molecule has 108 valence electrons. The Hall–Kier alpha value is -2.17. The number of Topliss-reactive ketones (excluding diaryl/α,β-unsaturated/α-hetero) is 1. The van der Waals surface area contributed by atoms with E-state index in [4.69, 9.17) is 0 Å². The molecule has 1 aromatic carbocycles. The van der Waals surface area contributed by atoms with Crippen LogP contribution in [0.3, 0.4) is 0 Å². The van der Waals surface area contributed by atoms with Crippen LogP contribution in [-0.2, 0) is 20.8 Å². The van der Waals surface area contributed by atoms with Crippen molar-refractivity contribution in [3.63, 3.8) is 0 Å². The van der Waals surface area contributed by atoms with E-state index < -0.39 is 17.7 Å². The molecule has 0 saturated heterocycles. The van der Waals surface area contributed by atoms with Crippen LogP contribution in [0.5, 0.6) is 0 Å². The number of ketones is 1. The summed E-state index contributed by atoms with van der Waals surface area (Å²) in [5, 5.41) is 0. The molecule has 0 atom stereocenters. The van der Waals surface area contributed by atoms with Gasteiger partial charge in [-0.2, -0.15) is 5.48 Å². The average Bonchev–Trinajstić information content (AvgIpc) is 2.43. The number of aryl methyl sites for hydroxylation is 1. The summed E-state index contributed by atoms with van der Waals surface area (Å²) in [5.41, 5.74) is 3.10. The number of hydrogen-bond acceptors (Lipinski definition) is 4. The number of rotatable bonds is 5. The Morgan fingerprint density at radius 1 is 1.20 bits per heavy atom. The van der Waals surface area contributed by atoms with E-state index >= 15 is 0 Å². The molecule has 1 amide bonds. The van der Waals surface area contributed by atoms with E-state index in [1.807, 2.05) is 38.4 Å². The predicted molar refractivity (Wildman–Crippen MR) is 73.8 cm³/mol. The van der Waals surface area contributed by atoms with Crippen LogP contribution in [0.2, 0.25) is 0 Å². The van der Waals surface area contributed by atoms with Crippen LogP contribution in [0.25, 0.3) is 0 Å². The molecular formula is C15H19NO4. The molecule has 0 radical (unpaired) electrons. The van der Waals surface area contributed by atoms with Gasteiger partial charge in [0.25, 0.3) is 0 Å². The lowest BCUT2D eigenvalue weighted by atomic mass is 10.1. The lowest BCUT2D eigenvalue weighted by molar-refractivity contribution is -0.143. The molecule has 0 aliphatic carbocycles. The zero-order valence-corrected chi connectivity index (χ0v) is 11.9. The lowest BCUT2D eigenvalue weighted by Crippen LogP contribution is -2.33. The maximum absolute atomic E-state index is 11.8. The van der Waals surface area contributed by atoms with Gasteiger partial charge in [-0.05, 0) is 24.0 Å². The summed E-state index contributed by atoms with van der Waals surface area (Å²) in [6.07, 6.45) is 0.792. The first-order valence-corrected chi connectivity index (χ1v) is 6.58. The van der Waals surface area contributed by atoms with Gasteiger partial charge in [0.15, 0.2) is 0 Å². The summed E-state index contributed by atoms with van der Waals surface area (Å²) in [5.74, 6) is -2.10. The highest BCUT2D eigenvalue weighted by molar-refractivity contribution is 6.36. The molecule has 0 spiro atoms. The van der Waals surface area contributed by atoms with Crippen LogP contribution in [-0.4, -0.2) is 17.7 Å². The minimum Gasteiger partial charge on any atom is -0.335 e. The average molecular weight is 277 g/mol. The van der Waals surface area contributed by atoms with Crippen molar-refractivity contribution in [3.8, 4) is 0 Å². The molecule has 0 unspecified atom stereocenters. The standard InChI is InChI=1S/C15H19NO4/c1-4-11-7-5-6-8-12(11)15(19)20-16-14(18)13(17)9-10(2)3/h5-8,10H,4,9H2,1-3H3,(H,16,18). The number of nitrogens with one attached hydrogen (secondary N) is 1. The zero-order valence-electron chi connectivity index (χ0n) is 11.9. The summed E-state index contributed by atoms with van der Waals surface area (Å²) < 4.78 is 0. The van der Waals surface area contributed by atoms with Crippen molar-refractivity contribution in [2.45, 2.75) is 33.6 Å². The third-order valence-corrected chi connectivity index (χ3v) is 2.70. The molecule has 0 bridgehead atoms. The van der Waals surface area contributed by atoms with E-state index in [0.29, 0.717) is 12.0 Å². The Kier molecular flexibility index (Phi) is 5.90. The Morgan fingerprint density at radius 3 is 2.45 bits per heavy atom. The van der Waals surface area contributed by atoms with Gasteiger partial charge in [-0.3, -0.25) is 9.59 Å². The monoisotopic (exact) mass is 277 g/mol. The molecule has 1 aromatic rings. The van der Waals surface area contributed by atoms with Crippen LogP contribution in [0.15, 0.2) is 24.3 Å². The molecule has 1 N–H and O–H groups in total. The third-order valence-electron chi connectivity index (χ3n) is 2.70. The summed E-state index contributed by atoms with van der Waals surface area (Å²) in [4.78, 5) is 39.4. The summed E-state index contributed by atoms with van der Waals surface area (Å²) >= 11 is 0. The first-order valence-electron chi connectivity index (χ1n) is 6.58. The highest BCUT2D eigenvalue weighted by Crippen LogP contribution is 2.10. The summed E-state index contributed by atoms with van der Waals surface area (Å²) in [7, 11) is 0. The van der Waals surface area contributed by atoms with Crippen molar-refractivity contribution in [1.82, 2.24) is 5.48 Å². The first-order chi connectivity index (χ1) is 9.45. The molecule has 0 saturated carbocycles. The van der Waals surface area contributed by atoms with Gasteiger partial charge in [-0.1, -0.05) is 39.0 Å². The molecule has 0 heterocycles. The van der Waals surface area contributed by atoms with Gasteiger partial charge in [-0.25, -0.2) is 4.79 Å². The first kappa shape index (κ1) is 15.9. The second kappa shape index (κ2) is 7.43. The van der Waals surface area contributed by atoms with Gasteiger partial charge in [0.2, 0.25) is 5.78 Å². The highest BCUT2D eigenvalue weighted by atomic mass is 16.7. The molecule has 5 nitrogen and oxygen atoms in total. The van der Waals surface area contributed by atoms with Crippen molar-refractivity contribution in [2.75, 3.05) is 0 Å². The van der Waals surface area contributed by atoms with Crippen LogP contribution in [0, 0.1) is 5.92 Å². The van der Waals surface area contributed by atoms with E-state index in [-0.39, 0.29) is 12.3 Å². The third kappa shape index (κ3) is 4.50. The molecule has 20 heavy (non-hydrogen) atoms. The van der Waals surface area contributed by atoms with Crippen molar-refractivity contribution in [1.29, 1.82) is 0 Å². The summed E-state index contributed by atoms with van der Waals surface area (Å²) in [6.45, 7) is 5.57. The zero-order chi connectivity index (χ0) is 15.1. The van der Waals surface area contributed by atoms with Crippen molar-refractivity contribution in [2.24, 2.45) is 5.92 Å². The van der Waals surface area contributed by atoms with Crippen LogP contribution in [0.1, 0.15) is 43.1 Å². The Morgan fingerprint density at radius 2 is 1.85 bits per heavy atom. The number of carbonyl (C=O) groups excluding carboxylic acids is 3. The fraction of sp³-hybridized carbons (Fsp3) is 0.400. The van der Waals surface area contributed by atoms with Crippen molar-refractivity contribution >= 4 is 17.7 Å². The maximum atomic E-state index is 11.8. The van der Waals surface area contributed by atoms with Crippen LogP contribution < -0.4 is 5.48 Å². The largest absolute Gasteiger partial charge is 0.363 e. The van der Waals surface area contributed by atoms with Gasteiger partial charge in [0.05, 0.1) is 5.56 Å². The second-order valence-corrected chi connectivity index (χ2v) is 4.85. The number of hydroxylamine groups is 1. The smallest absolute Gasteiger partial charge is 0.335 e. The van der Waals surface area contributed by atoms with Gasteiger partial charge in [-0.15, -0.1) is 0 Å². The SMILES string of the molecule is CCc1ccccc1C(=O)ONC(=O)C(=O)CC(C)C. The van der Waals surface area contributed by atoms with E-state index in [2.05, 4.69) is 4.84 Å². The topological polar surface area (TPSA) is 72.5 Å². The maximum Gasteiger partial charge on any atom is 0.363 e. The van der Waals surface area contributed by atoms with Crippen LogP contribution >= 0.6 is 0 Å². The quantitative estimate of drug-likeness (QED) is 0.660. The van der Waals surface area contributed by atoms with Gasteiger partial charge in [0, 0.05) is 6.42 Å². The number of benzene rings is 1. The number of carbonyl (C=O) groups is 3. The van der Waals surface area contributed by atoms with Gasteiger partial charge >= 0.3 is 11.9 Å². The minimum absolute atomic E-state index is 0.0739. The van der Waals surface area contributed by atoms with E-state index in [1.54, 1.807) is 12.1 Å². The van der Waals surface area contributed by atoms with Gasteiger partial charge < -0.3 is 4.84 Å². The normalized spacial score (nSPS) is 10.2. The molecule has 1 rings (SSSR count). The van der Waals surface area contributed by atoms with Crippen LogP contribution in [0.4, 0.5) is 0 Å². The molecule has 0 aliphatic heterocycles. The second-order valence-electron chi connectivity index (χ2n) is 4.85.